The zero-order valence-electron chi connectivity index (χ0n) is 33.2. The molecule has 0 radical (unpaired) electrons. The second kappa shape index (κ2) is 13.9. The average Bonchev–Trinajstić information content (AvgIpc) is 3.75. The summed E-state index contributed by atoms with van der Waals surface area (Å²) in [6.07, 6.45) is 0. The summed E-state index contributed by atoms with van der Waals surface area (Å²) >= 11 is 0. The SMILES string of the molecule is CC1(C)c2ccccc2-c2ccc(-n3c4ccccc4c4cc(-c5cccc(-c6ccccc6N(c6ccccc6)c6ccc(-c7ccccc7)cc6)c5)ccc43)cc21. The minimum absolute atomic E-state index is 0.0668. The molecule has 0 bridgehead atoms. The molecule has 1 heterocycles. The van der Waals surface area contributed by atoms with Gasteiger partial charge in [0.25, 0.3) is 0 Å². The summed E-state index contributed by atoms with van der Waals surface area (Å²) in [6.45, 7) is 4.71. The Labute approximate surface area is 345 Å². The van der Waals surface area contributed by atoms with Crippen LogP contribution in [0.1, 0.15) is 25.0 Å². The summed E-state index contributed by atoms with van der Waals surface area (Å²) in [4.78, 5) is 2.37. The van der Waals surface area contributed by atoms with Gasteiger partial charge in [-0.25, -0.2) is 0 Å². The molecule has 9 aromatic carbocycles. The van der Waals surface area contributed by atoms with E-state index in [4.69, 9.17) is 0 Å². The lowest BCUT2D eigenvalue weighted by Gasteiger charge is -2.28. The molecule has 0 N–H and O–H groups in total. The van der Waals surface area contributed by atoms with Crippen LogP contribution in [0.3, 0.4) is 0 Å². The van der Waals surface area contributed by atoms with Gasteiger partial charge in [0.1, 0.15) is 0 Å². The number of hydrogen-bond acceptors (Lipinski definition) is 1. The number of anilines is 3. The van der Waals surface area contributed by atoms with E-state index in [0.29, 0.717) is 0 Å². The fraction of sp³-hybridized carbons (Fsp3) is 0.0526. The lowest BCUT2D eigenvalue weighted by molar-refractivity contribution is 0.660. The van der Waals surface area contributed by atoms with Crippen molar-refractivity contribution in [2.24, 2.45) is 0 Å². The van der Waals surface area contributed by atoms with Gasteiger partial charge in [-0.05, 0) is 117 Å². The highest BCUT2D eigenvalue weighted by Crippen LogP contribution is 2.50. The summed E-state index contributed by atoms with van der Waals surface area (Å²) in [7, 11) is 0. The van der Waals surface area contributed by atoms with Gasteiger partial charge in [-0.1, -0.05) is 166 Å². The molecule has 10 aromatic rings. The number of fused-ring (bicyclic) bond motifs is 6. The Hall–Kier alpha value is -7.42. The van der Waals surface area contributed by atoms with Crippen LogP contribution >= 0.6 is 0 Å². The standard InChI is InChI=1S/C57H42N2/c1-57(2)52-25-12-9-23-48(52)49-34-33-46(38-53(49)57)59-55-27-14-11-24-50(55)51-37-42(30-35-56(51)59)41-18-15-19-43(36-41)47-22-10-13-26-54(47)58(44-20-7-4-8-21-44)45-31-28-40(29-32-45)39-16-5-3-6-17-39/h3-38H,1-2H3. The molecule has 0 saturated carbocycles. The van der Waals surface area contributed by atoms with E-state index in [1.165, 1.54) is 83.1 Å². The van der Waals surface area contributed by atoms with Gasteiger partial charge in [0.15, 0.2) is 0 Å². The lowest BCUT2D eigenvalue weighted by atomic mass is 9.82. The molecule has 2 nitrogen and oxygen atoms in total. The van der Waals surface area contributed by atoms with Gasteiger partial charge in [0, 0.05) is 38.8 Å². The maximum Gasteiger partial charge on any atom is 0.0541 e. The lowest BCUT2D eigenvalue weighted by Crippen LogP contribution is -2.15. The van der Waals surface area contributed by atoms with Crippen molar-refractivity contribution in [3.8, 4) is 50.2 Å². The minimum Gasteiger partial charge on any atom is -0.310 e. The summed E-state index contributed by atoms with van der Waals surface area (Å²) < 4.78 is 2.45. The van der Waals surface area contributed by atoms with E-state index in [9.17, 15) is 0 Å². The van der Waals surface area contributed by atoms with Crippen molar-refractivity contribution in [1.82, 2.24) is 4.57 Å². The van der Waals surface area contributed by atoms with Gasteiger partial charge in [0.2, 0.25) is 0 Å². The van der Waals surface area contributed by atoms with E-state index >= 15 is 0 Å². The predicted octanol–water partition coefficient (Wildman–Crippen LogP) is 15.6. The molecule has 0 saturated heterocycles. The van der Waals surface area contributed by atoms with Crippen LogP contribution in [0, 0.1) is 0 Å². The Bertz CT molecular complexity index is 3170. The van der Waals surface area contributed by atoms with Gasteiger partial charge < -0.3 is 9.47 Å². The van der Waals surface area contributed by atoms with Gasteiger partial charge in [-0.3, -0.25) is 0 Å². The Balaban J connectivity index is 0.999. The fourth-order valence-corrected chi connectivity index (χ4v) is 9.48. The molecule has 0 amide bonds. The first-order valence-electron chi connectivity index (χ1n) is 20.5. The van der Waals surface area contributed by atoms with Crippen molar-refractivity contribution in [2.45, 2.75) is 19.3 Å². The summed E-state index contributed by atoms with van der Waals surface area (Å²) in [5.74, 6) is 0. The van der Waals surface area contributed by atoms with Crippen molar-refractivity contribution in [1.29, 1.82) is 0 Å². The molecule has 1 aromatic heterocycles. The van der Waals surface area contributed by atoms with Gasteiger partial charge >= 0.3 is 0 Å². The van der Waals surface area contributed by atoms with Crippen LogP contribution in [0.2, 0.25) is 0 Å². The molecule has 0 spiro atoms. The molecule has 0 unspecified atom stereocenters. The predicted molar refractivity (Wildman–Crippen MR) is 249 cm³/mol. The smallest absolute Gasteiger partial charge is 0.0541 e. The zero-order valence-corrected chi connectivity index (χ0v) is 33.2. The number of benzene rings is 9. The molecular weight excluding hydrogens is 713 g/mol. The Morgan fingerprint density at radius 1 is 0.356 bits per heavy atom. The molecule has 0 aliphatic heterocycles. The highest BCUT2D eigenvalue weighted by atomic mass is 15.1. The van der Waals surface area contributed by atoms with Crippen LogP contribution in [0.4, 0.5) is 17.1 Å². The third-order valence-corrected chi connectivity index (χ3v) is 12.4. The molecular formula is C57H42N2. The van der Waals surface area contributed by atoms with Crippen LogP contribution in [-0.2, 0) is 5.41 Å². The Morgan fingerprint density at radius 2 is 0.932 bits per heavy atom. The first kappa shape index (κ1) is 34.8. The molecule has 1 aliphatic carbocycles. The highest BCUT2D eigenvalue weighted by molar-refractivity contribution is 6.10. The van der Waals surface area contributed by atoms with E-state index in [-0.39, 0.29) is 5.41 Å². The topological polar surface area (TPSA) is 8.17 Å². The van der Waals surface area contributed by atoms with E-state index in [1.54, 1.807) is 0 Å². The average molecular weight is 755 g/mol. The van der Waals surface area contributed by atoms with E-state index in [0.717, 1.165) is 17.1 Å². The first-order chi connectivity index (χ1) is 29.0. The monoisotopic (exact) mass is 754 g/mol. The molecule has 2 heteroatoms. The maximum atomic E-state index is 2.45. The van der Waals surface area contributed by atoms with Crippen molar-refractivity contribution in [2.75, 3.05) is 4.90 Å². The van der Waals surface area contributed by atoms with Crippen molar-refractivity contribution in [3.63, 3.8) is 0 Å². The third kappa shape index (κ3) is 5.79. The number of rotatable bonds is 7. The molecule has 59 heavy (non-hydrogen) atoms. The van der Waals surface area contributed by atoms with Crippen LogP contribution in [0.15, 0.2) is 218 Å². The second-order valence-electron chi connectivity index (χ2n) is 16.2. The normalized spacial score (nSPS) is 12.7. The number of hydrogen-bond donors (Lipinski definition) is 0. The summed E-state index contributed by atoms with van der Waals surface area (Å²) in [5, 5.41) is 2.51. The van der Waals surface area contributed by atoms with Crippen LogP contribution in [-0.4, -0.2) is 4.57 Å². The second-order valence-corrected chi connectivity index (χ2v) is 16.2. The van der Waals surface area contributed by atoms with Gasteiger partial charge in [0.05, 0.1) is 16.7 Å². The van der Waals surface area contributed by atoms with E-state index in [1.807, 2.05) is 0 Å². The summed E-state index contributed by atoms with van der Waals surface area (Å²) in [5.41, 5.74) is 19.5. The molecule has 11 rings (SSSR count). The van der Waals surface area contributed by atoms with Gasteiger partial charge in [-0.2, -0.15) is 0 Å². The first-order valence-corrected chi connectivity index (χ1v) is 20.5. The number of para-hydroxylation sites is 3. The molecule has 280 valence electrons. The van der Waals surface area contributed by atoms with E-state index < -0.39 is 0 Å². The van der Waals surface area contributed by atoms with Crippen molar-refractivity contribution >= 4 is 38.9 Å². The fourth-order valence-electron chi connectivity index (χ4n) is 9.48. The third-order valence-electron chi connectivity index (χ3n) is 12.4. The molecule has 0 atom stereocenters. The minimum atomic E-state index is -0.0668. The quantitative estimate of drug-likeness (QED) is 0.157. The highest BCUT2D eigenvalue weighted by Gasteiger charge is 2.35. The van der Waals surface area contributed by atoms with Gasteiger partial charge in [-0.15, -0.1) is 0 Å². The van der Waals surface area contributed by atoms with Crippen LogP contribution < -0.4 is 4.90 Å². The molecule has 1 aliphatic rings. The Kier molecular flexibility index (Phi) is 8.20. The maximum absolute atomic E-state index is 2.45. The molecule has 0 fully saturated rings. The Morgan fingerprint density at radius 3 is 1.76 bits per heavy atom. The largest absolute Gasteiger partial charge is 0.310 e. The summed E-state index contributed by atoms with van der Waals surface area (Å²) in [6, 6.07) is 79.7. The van der Waals surface area contributed by atoms with Crippen LogP contribution in [0.25, 0.3) is 72.0 Å². The number of aromatic nitrogens is 1. The van der Waals surface area contributed by atoms with Crippen molar-refractivity contribution < 1.29 is 0 Å². The zero-order chi connectivity index (χ0) is 39.5. The van der Waals surface area contributed by atoms with E-state index in [2.05, 4.69) is 242 Å². The number of nitrogens with zero attached hydrogens (tertiary/aromatic N) is 2. The van der Waals surface area contributed by atoms with Crippen molar-refractivity contribution in [3.05, 3.63) is 230 Å². The van der Waals surface area contributed by atoms with Crippen LogP contribution in [0.5, 0.6) is 0 Å².